The number of ether oxygens (including phenoxy) is 1. The molecule has 0 radical (unpaired) electrons. The van der Waals surface area contributed by atoms with Gasteiger partial charge in [-0.05, 0) is 32.6 Å². The highest BCUT2D eigenvalue weighted by molar-refractivity contribution is 5.78. The predicted molar refractivity (Wildman–Crippen MR) is 67.1 cm³/mol. The highest BCUT2D eigenvalue weighted by Gasteiger charge is 2.40. The van der Waals surface area contributed by atoms with Crippen LogP contribution in [0, 0.1) is 5.92 Å². The number of aliphatic carboxylic acids is 1. The average molecular weight is 243 g/mol. The van der Waals surface area contributed by atoms with E-state index in [-0.39, 0.29) is 6.10 Å². The van der Waals surface area contributed by atoms with Crippen molar-refractivity contribution in [3.8, 4) is 0 Å². The van der Waals surface area contributed by atoms with Crippen LogP contribution in [0.5, 0.6) is 0 Å². The topological polar surface area (TPSA) is 49.8 Å². The molecule has 0 aromatic heterocycles. The van der Waals surface area contributed by atoms with Crippen molar-refractivity contribution in [3.63, 3.8) is 0 Å². The van der Waals surface area contributed by atoms with Crippen LogP contribution in [0.15, 0.2) is 0 Å². The van der Waals surface area contributed by atoms with Gasteiger partial charge in [0.15, 0.2) is 0 Å². The van der Waals surface area contributed by atoms with Crippen LogP contribution in [0.3, 0.4) is 0 Å². The lowest BCUT2D eigenvalue weighted by Crippen LogP contribution is -2.55. The third-order valence-corrected chi connectivity index (χ3v) is 3.42. The Bertz CT molecular complexity index is 267. The number of carboxylic acid groups (broad SMARTS) is 1. The average Bonchev–Trinajstić information content (AvgIpc) is 2.41. The number of nitrogens with zero attached hydrogens (tertiary/aromatic N) is 1. The second kappa shape index (κ2) is 5.83. The van der Waals surface area contributed by atoms with Gasteiger partial charge in [-0.1, -0.05) is 13.8 Å². The monoisotopic (exact) mass is 243 g/mol. The fourth-order valence-electron chi connectivity index (χ4n) is 2.59. The maximum atomic E-state index is 11.6. The molecule has 1 fully saturated rings. The quantitative estimate of drug-likeness (QED) is 0.820. The van der Waals surface area contributed by atoms with Crippen LogP contribution in [0.2, 0.25) is 0 Å². The van der Waals surface area contributed by atoms with Gasteiger partial charge < -0.3 is 9.84 Å². The zero-order valence-corrected chi connectivity index (χ0v) is 11.4. The summed E-state index contributed by atoms with van der Waals surface area (Å²) < 4.78 is 5.58. The van der Waals surface area contributed by atoms with Crippen LogP contribution in [-0.2, 0) is 9.53 Å². The summed E-state index contributed by atoms with van der Waals surface area (Å²) in [4.78, 5) is 13.7. The smallest absolute Gasteiger partial charge is 0.323 e. The largest absolute Gasteiger partial charge is 0.480 e. The van der Waals surface area contributed by atoms with Gasteiger partial charge >= 0.3 is 5.97 Å². The number of rotatable bonds is 4. The molecule has 0 saturated carbocycles. The molecule has 2 atom stereocenters. The molecule has 0 aliphatic carbocycles. The first-order chi connectivity index (χ1) is 7.86. The molecular weight excluding hydrogens is 218 g/mol. The van der Waals surface area contributed by atoms with Gasteiger partial charge in [-0.2, -0.15) is 0 Å². The third kappa shape index (κ3) is 3.68. The molecule has 4 heteroatoms. The van der Waals surface area contributed by atoms with Crippen molar-refractivity contribution in [1.82, 2.24) is 4.90 Å². The molecular formula is C13H25NO3. The Kier molecular flexibility index (Phi) is 4.95. The molecule has 0 aromatic rings. The van der Waals surface area contributed by atoms with Crippen LogP contribution >= 0.6 is 0 Å². The van der Waals surface area contributed by atoms with Crippen LogP contribution in [-0.4, -0.2) is 47.3 Å². The molecule has 17 heavy (non-hydrogen) atoms. The fourth-order valence-corrected chi connectivity index (χ4v) is 2.59. The van der Waals surface area contributed by atoms with Gasteiger partial charge in [0.2, 0.25) is 0 Å². The summed E-state index contributed by atoms with van der Waals surface area (Å²) in [5, 5.41) is 9.53. The maximum Gasteiger partial charge on any atom is 0.323 e. The van der Waals surface area contributed by atoms with E-state index in [2.05, 4.69) is 18.7 Å². The van der Waals surface area contributed by atoms with Crippen molar-refractivity contribution in [2.24, 2.45) is 5.92 Å². The van der Waals surface area contributed by atoms with Gasteiger partial charge in [-0.25, -0.2) is 0 Å². The molecule has 4 nitrogen and oxygen atoms in total. The lowest BCUT2D eigenvalue weighted by Gasteiger charge is -2.39. The SMILES string of the molecule is CC(C)CC(C)(C(=O)O)N1CCCOC(C)C1. The molecule has 1 saturated heterocycles. The van der Waals surface area contributed by atoms with Crippen molar-refractivity contribution in [1.29, 1.82) is 0 Å². The van der Waals surface area contributed by atoms with E-state index < -0.39 is 11.5 Å². The van der Waals surface area contributed by atoms with Gasteiger partial charge in [-0.15, -0.1) is 0 Å². The first-order valence-corrected chi connectivity index (χ1v) is 6.46. The minimum absolute atomic E-state index is 0.114. The van der Waals surface area contributed by atoms with Gasteiger partial charge in [0, 0.05) is 19.7 Å². The number of hydrogen-bond donors (Lipinski definition) is 1. The van der Waals surface area contributed by atoms with Crippen LogP contribution in [0.25, 0.3) is 0 Å². The Morgan fingerprint density at radius 3 is 2.76 bits per heavy atom. The Balaban J connectivity index is 2.84. The molecule has 1 aliphatic heterocycles. The predicted octanol–water partition coefficient (Wildman–Crippen LogP) is 1.99. The van der Waals surface area contributed by atoms with Gasteiger partial charge in [0.05, 0.1) is 6.10 Å². The lowest BCUT2D eigenvalue weighted by molar-refractivity contribution is -0.152. The molecule has 1 N–H and O–H groups in total. The van der Waals surface area contributed by atoms with Gasteiger partial charge in [0.25, 0.3) is 0 Å². The van der Waals surface area contributed by atoms with E-state index in [1.807, 2.05) is 13.8 Å². The summed E-state index contributed by atoms with van der Waals surface area (Å²) in [6.07, 6.45) is 1.70. The zero-order chi connectivity index (χ0) is 13.1. The first kappa shape index (κ1) is 14.5. The Morgan fingerprint density at radius 1 is 1.59 bits per heavy atom. The van der Waals surface area contributed by atoms with Crippen molar-refractivity contribution in [2.45, 2.75) is 52.2 Å². The summed E-state index contributed by atoms with van der Waals surface area (Å²) in [6, 6.07) is 0. The second-order valence-electron chi connectivity index (χ2n) is 5.66. The fraction of sp³-hybridized carbons (Fsp3) is 0.923. The summed E-state index contributed by atoms with van der Waals surface area (Å²) in [5.74, 6) is -0.351. The van der Waals surface area contributed by atoms with Crippen molar-refractivity contribution < 1.29 is 14.6 Å². The lowest BCUT2D eigenvalue weighted by atomic mass is 9.88. The Hall–Kier alpha value is -0.610. The molecule has 0 bridgehead atoms. The van der Waals surface area contributed by atoms with E-state index in [4.69, 9.17) is 4.74 Å². The molecule has 100 valence electrons. The van der Waals surface area contributed by atoms with Gasteiger partial charge in [0.1, 0.15) is 5.54 Å². The molecule has 1 heterocycles. The minimum atomic E-state index is -0.768. The molecule has 0 aromatic carbocycles. The van der Waals surface area contributed by atoms with E-state index in [1.54, 1.807) is 0 Å². The normalized spacial score (nSPS) is 26.5. The number of carbonyl (C=O) groups is 1. The third-order valence-electron chi connectivity index (χ3n) is 3.42. The Morgan fingerprint density at radius 2 is 2.24 bits per heavy atom. The summed E-state index contributed by atoms with van der Waals surface area (Å²) in [5.41, 5.74) is -0.768. The van der Waals surface area contributed by atoms with E-state index in [0.29, 0.717) is 18.9 Å². The highest BCUT2D eigenvalue weighted by Crippen LogP contribution is 2.26. The van der Waals surface area contributed by atoms with Crippen LogP contribution in [0.1, 0.15) is 40.5 Å². The molecule has 0 amide bonds. The second-order valence-corrected chi connectivity index (χ2v) is 5.66. The van der Waals surface area contributed by atoms with Crippen LogP contribution < -0.4 is 0 Å². The van der Waals surface area contributed by atoms with Crippen molar-refractivity contribution in [2.75, 3.05) is 19.7 Å². The van der Waals surface area contributed by atoms with Gasteiger partial charge in [-0.3, -0.25) is 9.69 Å². The van der Waals surface area contributed by atoms with Crippen molar-refractivity contribution in [3.05, 3.63) is 0 Å². The molecule has 0 spiro atoms. The number of carboxylic acids is 1. The van der Waals surface area contributed by atoms with E-state index in [9.17, 15) is 9.90 Å². The molecule has 2 unspecified atom stereocenters. The van der Waals surface area contributed by atoms with Crippen molar-refractivity contribution >= 4 is 5.97 Å². The van der Waals surface area contributed by atoms with E-state index >= 15 is 0 Å². The summed E-state index contributed by atoms with van der Waals surface area (Å²) in [7, 11) is 0. The molecule has 1 aliphatic rings. The number of hydrogen-bond acceptors (Lipinski definition) is 3. The van der Waals surface area contributed by atoms with Crippen LogP contribution in [0.4, 0.5) is 0 Å². The maximum absolute atomic E-state index is 11.6. The Labute approximate surface area is 104 Å². The highest BCUT2D eigenvalue weighted by atomic mass is 16.5. The minimum Gasteiger partial charge on any atom is -0.480 e. The standard InChI is InChI=1S/C13H25NO3/c1-10(2)8-13(4,12(15)16)14-6-5-7-17-11(3)9-14/h10-11H,5-9H2,1-4H3,(H,15,16). The zero-order valence-electron chi connectivity index (χ0n) is 11.4. The van der Waals surface area contributed by atoms with E-state index in [1.165, 1.54) is 0 Å². The van der Waals surface area contributed by atoms with E-state index in [0.717, 1.165) is 19.6 Å². The summed E-state index contributed by atoms with van der Waals surface area (Å²) in [6.45, 7) is 10.2. The molecule has 1 rings (SSSR count). The first-order valence-electron chi connectivity index (χ1n) is 6.46. The summed E-state index contributed by atoms with van der Waals surface area (Å²) >= 11 is 0.